The van der Waals surface area contributed by atoms with Gasteiger partial charge in [0.15, 0.2) is 11.5 Å². The molecule has 0 amide bonds. The summed E-state index contributed by atoms with van der Waals surface area (Å²) in [7, 11) is 0. The number of aromatic nitrogens is 1. The Hall–Kier alpha value is -2.01. The van der Waals surface area contributed by atoms with Gasteiger partial charge in [-0.05, 0) is 43.4 Å². The van der Waals surface area contributed by atoms with Crippen molar-refractivity contribution in [2.45, 2.75) is 31.9 Å². The number of nitrogens with zero attached hydrogens (tertiary/aromatic N) is 1. The molecule has 0 radical (unpaired) electrons. The van der Waals surface area contributed by atoms with Gasteiger partial charge in [-0.1, -0.05) is 0 Å². The first-order chi connectivity index (χ1) is 10.3. The van der Waals surface area contributed by atoms with E-state index in [0.29, 0.717) is 0 Å². The third-order valence-corrected chi connectivity index (χ3v) is 4.14. The van der Waals surface area contributed by atoms with Crippen LogP contribution in [0.4, 0.5) is 5.82 Å². The van der Waals surface area contributed by atoms with E-state index in [1.165, 1.54) is 0 Å². The largest absolute Gasteiger partial charge is 0.454 e. The second-order valence-corrected chi connectivity index (χ2v) is 5.57. The zero-order chi connectivity index (χ0) is 14.2. The maximum Gasteiger partial charge on any atom is 0.231 e. The average molecular weight is 286 g/mol. The zero-order valence-corrected chi connectivity index (χ0v) is 12.0. The van der Waals surface area contributed by atoms with E-state index in [1.54, 1.807) is 0 Å². The summed E-state index contributed by atoms with van der Waals surface area (Å²) in [4.78, 5) is 4.48. The van der Waals surface area contributed by atoms with Gasteiger partial charge in [0.2, 0.25) is 6.79 Å². The predicted octanol–water partition coefficient (Wildman–Crippen LogP) is 2.94. The second kappa shape index (κ2) is 5.07. The Morgan fingerprint density at radius 1 is 1.29 bits per heavy atom. The monoisotopic (exact) mass is 286 g/mol. The Labute approximate surface area is 123 Å². The topological polar surface area (TPSA) is 52.6 Å². The maximum absolute atomic E-state index is 5.74. The standard InChI is InChI=1S/C16H18N2O3/c1-10(13-3-2-6-19-13)18-16-12-8-15-14(20-9-21-15)7-11(12)4-5-17-16/h4-5,7-8,10,13H,2-3,6,9H2,1H3,(H,17,18). The van der Waals surface area contributed by atoms with E-state index >= 15 is 0 Å². The zero-order valence-electron chi connectivity index (χ0n) is 12.0. The van der Waals surface area contributed by atoms with Crippen LogP contribution in [0.25, 0.3) is 10.8 Å². The minimum Gasteiger partial charge on any atom is -0.454 e. The molecule has 0 saturated carbocycles. The fourth-order valence-electron chi connectivity index (χ4n) is 2.98. The highest BCUT2D eigenvalue weighted by molar-refractivity contribution is 5.94. The molecule has 1 aromatic carbocycles. The number of rotatable bonds is 3. The summed E-state index contributed by atoms with van der Waals surface area (Å²) in [6.45, 7) is 3.29. The van der Waals surface area contributed by atoms with Crippen LogP contribution >= 0.6 is 0 Å². The van der Waals surface area contributed by atoms with Crippen LogP contribution < -0.4 is 14.8 Å². The van der Waals surface area contributed by atoms with Crippen molar-refractivity contribution in [1.29, 1.82) is 0 Å². The third-order valence-electron chi connectivity index (χ3n) is 4.14. The first-order valence-corrected chi connectivity index (χ1v) is 7.38. The van der Waals surface area contributed by atoms with Gasteiger partial charge in [0.1, 0.15) is 5.82 Å². The summed E-state index contributed by atoms with van der Waals surface area (Å²) in [5, 5.41) is 5.63. The Morgan fingerprint density at radius 2 is 2.14 bits per heavy atom. The van der Waals surface area contributed by atoms with Crippen molar-refractivity contribution in [3.05, 3.63) is 24.4 Å². The lowest BCUT2D eigenvalue weighted by molar-refractivity contribution is 0.0996. The number of hydrogen-bond acceptors (Lipinski definition) is 5. The molecule has 21 heavy (non-hydrogen) atoms. The second-order valence-electron chi connectivity index (χ2n) is 5.57. The van der Waals surface area contributed by atoms with Crippen LogP contribution in [-0.4, -0.2) is 30.5 Å². The van der Waals surface area contributed by atoms with E-state index in [0.717, 1.165) is 47.5 Å². The first-order valence-electron chi connectivity index (χ1n) is 7.38. The van der Waals surface area contributed by atoms with Gasteiger partial charge in [0, 0.05) is 18.2 Å². The SMILES string of the molecule is CC(Nc1nccc2cc3c(cc12)OCO3)C1CCCO1. The van der Waals surface area contributed by atoms with Gasteiger partial charge in [0.05, 0.1) is 12.1 Å². The molecule has 2 aromatic rings. The minimum absolute atomic E-state index is 0.232. The molecule has 0 aliphatic carbocycles. The molecule has 2 atom stereocenters. The number of benzene rings is 1. The van der Waals surface area contributed by atoms with Gasteiger partial charge >= 0.3 is 0 Å². The van der Waals surface area contributed by atoms with Gasteiger partial charge in [-0.25, -0.2) is 4.98 Å². The van der Waals surface area contributed by atoms with Crippen LogP contribution in [0.15, 0.2) is 24.4 Å². The lowest BCUT2D eigenvalue weighted by Crippen LogP contribution is -2.30. The van der Waals surface area contributed by atoms with Crippen LogP contribution in [0.1, 0.15) is 19.8 Å². The average Bonchev–Trinajstić information content (AvgIpc) is 3.16. The Balaban J connectivity index is 1.68. The van der Waals surface area contributed by atoms with Crippen LogP contribution in [0.2, 0.25) is 0 Å². The molecule has 3 heterocycles. The van der Waals surface area contributed by atoms with Crippen molar-refractivity contribution in [2.24, 2.45) is 0 Å². The molecule has 0 bridgehead atoms. The molecule has 2 aliphatic heterocycles. The number of fused-ring (bicyclic) bond motifs is 2. The van der Waals surface area contributed by atoms with Crippen LogP contribution in [0.5, 0.6) is 11.5 Å². The quantitative estimate of drug-likeness (QED) is 0.940. The number of anilines is 1. The van der Waals surface area contributed by atoms with Crippen molar-refractivity contribution < 1.29 is 14.2 Å². The number of ether oxygens (including phenoxy) is 3. The highest BCUT2D eigenvalue weighted by atomic mass is 16.7. The van der Waals surface area contributed by atoms with E-state index in [-0.39, 0.29) is 18.9 Å². The van der Waals surface area contributed by atoms with Crippen molar-refractivity contribution >= 4 is 16.6 Å². The predicted molar refractivity (Wildman–Crippen MR) is 79.9 cm³/mol. The molecule has 4 rings (SSSR count). The van der Waals surface area contributed by atoms with Gasteiger partial charge < -0.3 is 19.5 Å². The van der Waals surface area contributed by atoms with Crippen molar-refractivity contribution in [2.75, 3.05) is 18.7 Å². The highest BCUT2D eigenvalue weighted by Crippen LogP contribution is 2.38. The summed E-state index contributed by atoms with van der Waals surface area (Å²) in [5.41, 5.74) is 0. The minimum atomic E-state index is 0.232. The molecule has 5 nitrogen and oxygen atoms in total. The molecular formula is C16H18N2O3. The summed E-state index contributed by atoms with van der Waals surface area (Å²) in [5.74, 6) is 2.45. The molecule has 1 saturated heterocycles. The van der Waals surface area contributed by atoms with E-state index in [9.17, 15) is 0 Å². The van der Waals surface area contributed by atoms with Gasteiger partial charge in [-0.3, -0.25) is 0 Å². The fraction of sp³-hybridized carbons (Fsp3) is 0.438. The van der Waals surface area contributed by atoms with E-state index in [2.05, 4.69) is 17.2 Å². The highest BCUT2D eigenvalue weighted by Gasteiger charge is 2.23. The maximum atomic E-state index is 5.74. The smallest absolute Gasteiger partial charge is 0.231 e. The van der Waals surface area contributed by atoms with E-state index < -0.39 is 0 Å². The van der Waals surface area contributed by atoms with Gasteiger partial charge in [-0.15, -0.1) is 0 Å². The van der Waals surface area contributed by atoms with Crippen molar-refractivity contribution in [3.63, 3.8) is 0 Å². The van der Waals surface area contributed by atoms with Gasteiger partial charge in [-0.2, -0.15) is 0 Å². The lowest BCUT2D eigenvalue weighted by atomic mass is 10.1. The fourth-order valence-corrected chi connectivity index (χ4v) is 2.98. The molecule has 1 aromatic heterocycles. The Bertz CT molecular complexity index is 668. The summed E-state index contributed by atoms with van der Waals surface area (Å²) in [6, 6.07) is 6.21. The number of pyridine rings is 1. The molecule has 1 N–H and O–H groups in total. The van der Waals surface area contributed by atoms with Crippen LogP contribution in [-0.2, 0) is 4.74 Å². The Morgan fingerprint density at radius 3 is 2.95 bits per heavy atom. The number of hydrogen-bond donors (Lipinski definition) is 1. The summed E-state index contributed by atoms with van der Waals surface area (Å²) < 4.78 is 16.6. The summed E-state index contributed by atoms with van der Waals surface area (Å²) >= 11 is 0. The molecule has 1 fully saturated rings. The van der Waals surface area contributed by atoms with Gasteiger partial charge in [0.25, 0.3) is 0 Å². The van der Waals surface area contributed by atoms with Crippen LogP contribution in [0.3, 0.4) is 0 Å². The first kappa shape index (κ1) is 12.7. The molecule has 2 unspecified atom stereocenters. The van der Waals surface area contributed by atoms with E-state index in [4.69, 9.17) is 14.2 Å². The number of nitrogens with one attached hydrogen (secondary N) is 1. The molecular weight excluding hydrogens is 268 g/mol. The molecule has 2 aliphatic rings. The third kappa shape index (κ3) is 2.27. The molecule has 0 spiro atoms. The summed E-state index contributed by atoms with van der Waals surface area (Å²) in [6.07, 6.45) is 4.31. The van der Waals surface area contributed by atoms with Crippen molar-refractivity contribution in [1.82, 2.24) is 4.98 Å². The Kier molecular flexibility index (Phi) is 3.07. The lowest BCUT2D eigenvalue weighted by Gasteiger charge is -2.21. The normalized spacial score (nSPS) is 21.7. The van der Waals surface area contributed by atoms with E-state index in [1.807, 2.05) is 24.4 Å². The molecule has 5 heteroatoms. The van der Waals surface area contributed by atoms with Crippen molar-refractivity contribution in [3.8, 4) is 11.5 Å². The molecule has 110 valence electrons. The van der Waals surface area contributed by atoms with Crippen LogP contribution in [0, 0.1) is 0 Å².